The van der Waals surface area contributed by atoms with Gasteiger partial charge in [-0.3, -0.25) is 4.90 Å². The number of halogens is 2. The number of benzene rings is 1. The van der Waals surface area contributed by atoms with Gasteiger partial charge in [-0.15, -0.1) is 0 Å². The third-order valence-corrected chi connectivity index (χ3v) is 4.50. The van der Waals surface area contributed by atoms with Crippen molar-refractivity contribution in [3.05, 3.63) is 34.1 Å². The summed E-state index contributed by atoms with van der Waals surface area (Å²) in [6, 6.07) is 5.05. The van der Waals surface area contributed by atoms with Crippen molar-refractivity contribution >= 4 is 15.9 Å². The molecule has 0 spiro atoms. The first-order chi connectivity index (χ1) is 9.47. The Bertz CT molecular complexity index is 457. The van der Waals surface area contributed by atoms with Gasteiger partial charge in [0.1, 0.15) is 5.82 Å². The molecule has 0 aliphatic carbocycles. The molecule has 2 unspecified atom stereocenters. The highest BCUT2D eigenvalue weighted by Crippen LogP contribution is 2.19. The fraction of sp³-hybridized carbons (Fsp3) is 0.600. The van der Waals surface area contributed by atoms with E-state index in [0.717, 1.165) is 30.5 Å². The lowest BCUT2D eigenvalue weighted by Crippen LogP contribution is -2.47. The highest BCUT2D eigenvalue weighted by Gasteiger charge is 2.27. The molecule has 1 N–H and O–H groups in total. The van der Waals surface area contributed by atoms with Crippen LogP contribution in [0.5, 0.6) is 0 Å². The first-order valence-corrected chi connectivity index (χ1v) is 7.77. The van der Waals surface area contributed by atoms with Gasteiger partial charge in [-0.25, -0.2) is 4.39 Å². The number of aliphatic hydroxyl groups is 1. The van der Waals surface area contributed by atoms with Crippen LogP contribution >= 0.6 is 15.9 Å². The number of aliphatic hydroxyl groups excluding tert-OH is 1. The van der Waals surface area contributed by atoms with E-state index >= 15 is 0 Å². The predicted molar refractivity (Wildman–Crippen MR) is 82.3 cm³/mol. The molecule has 0 bridgehead atoms. The molecular weight excluding hydrogens is 323 g/mol. The Morgan fingerprint density at radius 1 is 1.40 bits per heavy atom. The van der Waals surface area contributed by atoms with Crippen LogP contribution in [0.25, 0.3) is 0 Å². The molecule has 2 atom stereocenters. The van der Waals surface area contributed by atoms with E-state index in [2.05, 4.69) is 32.8 Å². The van der Waals surface area contributed by atoms with Crippen LogP contribution in [0.1, 0.15) is 12.0 Å². The molecule has 3 nitrogen and oxygen atoms in total. The minimum absolute atomic E-state index is 0.0468. The van der Waals surface area contributed by atoms with Gasteiger partial charge in [-0.05, 0) is 51.3 Å². The third-order valence-electron chi connectivity index (χ3n) is 4.00. The highest BCUT2D eigenvalue weighted by atomic mass is 79.9. The van der Waals surface area contributed by atoms with E-state index < -0.39 is 6.10 Å². The minimum Gasteiger partial charge on any atom is -0.391 e. The molecule has 0 aromatic heterocycles. The Labute approximate surface area is 128 Å². The number of hydrogen-bond acceptors (Lipinski definition) is 3. The summed E-state index contributed by atoms with van der Waals surface area (Å²) in [6.45, 7) is 2.82. The Hall–Kier alpha value is -0.490. The van der Waals surface area contributed by atoms with E-state index in [1.54, 1.807) is 6.07 Å². The molecule has 20 heavy (non-hydrogen) atoms. The molecule has 112 valence electrons. The summed E-state index contributed by atoms with van der Waals surface area (Å²) in [7, 11) is 4.10. The second-order valence-electron chi connectivity index (χ2n) is 5.67. The van der Waals surface area contributed by atoms with E-state index in [9.17, 15) is 9.50 Å². The van der Waals surface area contributed by atoms with Crippen LogP contribution in [-0.2, 0) is 6.42 Å². The SMILES string of the molecule is CN1CCCN(C)C(C(O)Cc2ccc(Br)cc2F)C1. The molecular formula is C15H22BrFN2O. The minimum atomic E-state index is -0.559. The molecule has 1 fully saturated rings. The number of hydrogen-bond donors (Lipinski definition) is 1. The van der Waals surface area contributed by atoms with Crippen LogP contribution in [0.4, 0.5) is 4.39 Å². The lowest BCUT2D eigenvalue weighted by Gasteiger charge is -2.31. The van der Waals surface area contributed by atoms with Crippen LogP contribution < -0.4 is 0 Å². The fourth-order valence-electron chi connectivity index (χ4n) is 2.77. The lowest BCUT2D eigenvalue weighted by molar-refractivity contribution is 0.0575. The summed E-state index contributed by atoms with van der Waals surface area (Å²) < 4.78 is 14.6. The highest BCUT2D eigenvalue weighted by molar-refractivity contribution is 9.10. The quantitative estimate of drug-likeness (QED) is 0.909. The normalized spacial score (nSPS) is 23.6. The smallest absolute Gasteiger partial charge is 0.127 e. The second kappa shape index (κ2) is 6.98. The van der Waals surface area contributed by atoms with E-state index in [-0.39, 0.29) is 11.9 Å². The van der Waals surface area contributed by atoms with Gasteiger partial charge in [-0.1, -0.05) is 22.0 Å². The molecule has 0 radical (unpaired) electrons. The topological polar surface area (TPSA) is 26.7 Å². The van der Waals surface area contributed by atoms with Crippen molar-refractivity contribution in [2.45, 2.75) is 25.0 Å². The zero-order valence-electron chi connectivity index (χ0n) is 12.0. The summed E-state index contributed by atoms with van der Waals surface area (Å²) in [6.07, 6.45) is 0.890. The molecule has 1 saturated heterocycles. The van der Waals surface area contributed by atoms with E-state index in [4.69, 9.17) is 0 Å². The number of likely N-dealkylation sites (N-methyl/N-ethyl adjacent to an activating group) is 2. The standard InChI is InChI=1S/C15H22BrFN2O/c1-18-6-3-7-19(2)14(10-18)15(20)8-11-4-5-12(16)9-13(11)17/h4-5,9,14-15,20H,3,6-8,10H2,1-2H3. The molecule has 1 aliphatic heterocycles. The van der Waals surface area contributed by atoms with Gasteiger partial charge in [-0.2, -0.15) is 0 Å². The van der Waals surface area contributed by atoms with Crippen molar-refractivity contribution in [3.8, 4) is 0 Å². The molecule has 0 saturated carbocycles. The maximum absolute atomic E-state index is 13.9. The fourth-order valence-corrected chi connectivity index (χ4v) is 3.10. The van der Waals surface area contributed by atoms with Crippen molar-refractivity contribution in [3.63, 3.8) is 0 Å². The molecule has 1 aromatic rings. The van der Waals surface area contributed by atoms with Crippen molar-refractivity contribution in [1.29, 1.82) is 0 Å². The molecule has 1 aliphatic rings. The van der Waals surface area contributed by atoms with Crippen LogP contribution in [-0.4, -0.2) is 60.8 Å². The summed E-state index contributed by atoms with van der Waals surface area (Å²) in [5.41, 5.74) is 0.570. The Morgan fingerprint density at radius 2 is 2.15 bits per heavy atom. The molecule has 1 heterocycles. The maximum atomic E-state index is 13.9. The van der Waals surface area contributed by atoms with Gasteiger partial charge in [0.25, 0.3) is 0 Å². The summed E-state index contributed by atoms with van der Waals surface area (Å²) in [4.78, 5) is 4.42. The average Bonchev–Trinajstić information content (AvgIpc) is 2.54. The van der Waals surface area contributed by atoms with Crippen molar-refractivity contribution in [2.24, 2.45) is 0 Å². The van der Waals surface area contributed by atoms with Crippen molar-refractivity contribution in [1.82, 2.24) is 9.80 Å². The van der Waals surface area contributed by atoms with Crippen LogP contribution in [0.2, 0.25) is 0 Å². The summed E-state index contributed by atoms with van der Waals surface area (Å²) >= 11 is 3.25. The molecule has 2 rings (SSSR count). The second-order valence-corrected chi connectivity index (χ2v) is 6.59. The van der Waals surface area contributed by atoms with Gasteiger partial charge in [0.05, 0.1) is 6.10 Å². The monoisotopic (exact) mass is 344 g/mol. The van der Waals surface area contributed by atoms with Crippen molar-refractivity contribution in [2.75, 3.05) is 33.7 Å². The van der Waals surface area contributed by atoms with Crippen LogP contribution in [0.15, 0.2) is 22.7 Å². The Morgan fingerprint density at radius 3 is 2.85 bits per heavy atom. The largest absolute Gasteiger partial charge is 0.391 e. The average molecular weight is 345 g/mol. The van der Waals surface area contributed by atoms with Gasteiger partial charge in [0, 0.05) is 23.5 Å². The predicted octanol–water partition coefficient (Wildman–Crippen LogP) is 2.13. The Kier molecular flexibility index (Phi) is 5.55. The van der Waals surface area contributed by atoms with Crippen LogP contribution in [0, 0.1) is 5.82 Å². The summed E-state index contributed by atoms with van der Waals surface area (Å²) in [5.74, 6) is -0.261. The molecule has 1 aromatic carbocycles. The van der Waals surface area contributed by atoms with Gasteiger partial charge in [0.15, 0.2) is 0 Å². The first-order valence-electron chi connectivity index (χ1n) is 6.98. The van der Waals surface area contributed by atoms with Crippen molar-refractivity contribution < 1.29 is 9.50 Å². The molecule has 5 heteroatoms. The van der Waals surface area contributed by atoms with E-state index in [1.807, 2.05) is 13.1 Å². The Balaban J connectivity index is 2.07. The molecule has 0 amide bonds. The number of nitrogens with zero attached hydrogens (tertiary/aromatic N) is 2. The maximum Gasteiger partial charge on any atom is 0.127 e. The third kappa shape index (κ3) is 4.01. The van der Waals surface area contributed by atoms with Gasteiger partial charge >= 0.3 is 0 Å². The first kappa shape index (κ1) is 15.9. The van der Waals surface area contributed by atoms with E-state index in [0.29, 0.717) is 12.0 Å². The zero-order chi connectivity index (χ0) is 14.7. The lowest BCUT2D eigenvalue weighted by atomic mass is 10.0. The van der Waals surface area contributed by atoms with Gasteiger partial charge in [0.2, 0.25) is 0 Å². The zero-order valence-corrected chi connectivity index (χ0v) is 13.6. The van der Waals surface area contributed by atoms with Crippen LogP contribution in [0.3, 0.4) is 0 Å². The van der Waals surface area contributed by atoms with E-state index in [1.165, 1.54) is 6.07 Å². The number of rotatable bonds is 3. The van der Waals surface area contributed by atoms with Gasteiger partial charge < -0.3 is 10.0 Å². The summed E-state index contributed by atoms with van der Waals surface area (Å²) in [5, 5.41) is 10.5.